The number of hydrogen-bond acceptors (Lipinski definition) is 0. The highest BCUT2D eigenvalue weighted by molar-refractivity contribution is 6.24. The number of rotatable bonds is 3. The van der Waals surface area contributed by atoms with Gasteiger partial charge in [-0.15, -0.1) is 0 Å². The normalized spacial score (nSPS) is 19.2. The van der Waals surface area contributed by atoms with Crippen LogP contribution in [-0.2, 0) is 0 Å². The Hall–Kier alpha value is -5.20. The van der Waals surface area contributed by atoms with Crippen molar-refractivity contribution in [3.8, 4) is 33.4 Å². The van der Waals surface area contributed by atoms with E-state index in [9.17, 15) is 8.22 Å². The Kier molecular flexibility index (Phi) is 2.25. The topological polar surface area (TPSA) is 0 Å². The third-order valence-electron chi connectivity index (χ3n) is 6.65. The Morgan fingerprint density at radius 2 is 0.850 bits per heavy atom. The van der Waals surface area contributed by atoms with Crippen LogP contribution in [-0.4, -0.2) is 0 Å². The fourth-order valence-electron chi connectivity index (χ4n) is 4.98. The summed E-state index contributed by atoms with van der Waals surface area (Å²) in [5.74, 6) is 0. The van der Waals surface area contributed by atoms with Crippen LogP contribution in [0.25, 0.3) is 76.5 Å². The van der Waals surface area contributed by atoms with Gasteiger partial charge in [-0.25, -0.2) is 0 Å². The van der Waals surface area contributed by atoms with Crippen molar-refractivity contribution in [2.75, 3.05) is 0 Å². The highest BCUT2D eigenvalue weighted by Gasteiger charge is 2.19. The molecule has 0 fully saturated rings. The first-order chi connectivity index (χ1) is 29.0. The molecule has 0 saturated carbocycles. The van der Waals surface area contributed by atoms with E-state index in [2.05, 4.69) is 0 Å². The monoisotopic (exact) mass is 528 g/mol. The quantitative estimate of drug-likeness (QED) is 0.200. The fraction of sp³-hybridized carbons (Fsp3) is 0. The Morgan fingerprint density at radius 1 is 0.350 bits per heavy atom. The Balaban J connectivity index is 1.73. The Bertz CT molecular complexity index is 3340. The SMILES string of the molecule is [2H]c1c([2H])c([2H])c2c([2H])c(-c3ccccc3-c3c4c([2H])c([2H])c([2H])c([2H])c4c(-c4c([2H])c([2H])c([2H])c5c([2H])c([2H])c([2H])c([2H])c45)c4c([2H])c([2H])c([2H])c([2H])c34)c([2H])c([2H])c2c1[2H]. The molecule has 8 rings (SSSR count). The highest BCUT2D eigenvalue weighted by Crippen LogP contribution is 2.47. The first-order valence-electron chi connectivity index (χ1n) is 23.1. The van der Waals surface area contributed by atoms with Crippen LogP contribution < -0.4 is 0 Å². The average molecular weight is 529 g/mol. The zero-order chi connectivity index (χ0) is 45.6. The summed E-state index contributed by atoms with van der Waals surface area (Å²) in [7, 11) is 0. The number of hydrogen-bond donors (Lipinski definition) is 0. The fourth-order valence-corrected chi connectivity index (χ4v) is 4.98. The van der Waals surface area contributed by atoms with Crippen LogP contribution in [0.15, 0.2) is 157 Å². The second-order valence-electron chi connectivity index (χ2n) is 8.80. The minimum absolute atomic E-state index is 0.117. The summed E-state index contributed by atoms with van der Waals surface area (Å²) in [4.78, 5) is 0. The van der Waals surface area contributed by atoms with E-state index in [1.165, 1.54) is 24.3 Å². The first kappa shape index (κ1) is 9.77. The molecule has 40 heavy (non-hydrogen) atoms. The van der Waals surface area contributed by atoms with Crippen molar-refractivity contribution in [3.63, 3.8) is 0 Å². The molecule has 0 radical (unpaired) electrons. The van der Waals surface area contributed by atoms with Crippen molar-refractivity contribution < 1.29 is 30.2 Å². The molecule has 0 aliphatic heterocycles. The Morgan fingerprint density at radius 3 is 1.52 bits per heavy atom. The molecule has 0 saturated heterocycles. The lowest BCUT2D eigenvalue weighted by atomic mass is 9.83. The molecular weight excluding hydrogens is 480 g/mol. The molecule has 0 atom stereocenters. The van der Waals surface area contributed by atoms with Gasteiger partial charge in [0.15, 0.2) is 0 Å². The molecule has 0 aliphatic rings. The zero-order valence-corrected chi connectivity index (χ0v) is 20.3. The lowest BCUT2D eigenvalue weighted by Gasteiger charge is -2.20. The van der Waals surface area contributed by atoms with Gasteiger partial charge >= 0.3 is 0 Å². The molecule has 8 aromatic carbocycles. The second kappa shape index (κ2) is 9.22. The second-order valence-corrected chi connectivity index (χ2v) is 8.80. The maximum Gasteiger partial charge on any atom is 0.0636 e. The molecule has 0 nitrogen and oxygen atoms in total. The molecule has 8 aromatic rings. The average Bonchev–Trinajstić information content (AvgIpc) is 3.25. The van der Waals surface area contributed by atoms with E-state index >= 15 is 0 Å². The van der Waals surface area contributed by atoms with E-state index in [-0.39, 0.29) is 22.3 Å². The summed E-state index contributed by atoms with van der Waals surface area (Å²) in [6.07, 6.45) is 0. The number of benzene rings is 8. The third kappa shape index (κ3) is 3.54. The van der Waals surface area contributed by atoms with Crippen molar-refractivity contribution in [3.05, 3.63) is 157 Å². The van der Waals surface area contributed by atoms with Crippen LogP contribution in [0.1, 0.15) is 30.2 Å². The minimum Gasteiger partial charge on any atom is -0.0616 e. The summed E-state index contributed by atoms with van der Waals surface area (Å²) in [5.41, 5.74) is -2.02. The van der Waals surface area contributed by atoms with E-state index in [1.54, 1.807) is 0 Å². The summed E-state index contributed by atoms with van der Waals surface area (Å²) < 4.78 is 195. The Labute approximate surface area is 264 Å². The van der Waals surface area contributed by atoms with Crippen molar-refractivity contribution in [1.82, 2.24) is 0 Å². The van der Waals surface area contributed by atoms with Gasteiger partial charge < -0.3 is 0 Å². The van der Waals surface area contributed by atoms with Crippen LogP contribution in [0.5, 0.6) is 0 Å². The summed E-state index contributed by atoms with van der Waals surface area (Å²) in [5, 5.41) is -3.78. The molecule has 0 amide bonds. The predicted octanol–water partition coefficient (Wildman–Crippen LogP) is 11.3. The first-order valence-corrected chi connectivity index (χ1v) is 12.1. The van der Waals surface area contributed by atoms with E-state index in [0.717, 1.165) is 0 Å². The van der Waals surface area contributed by atoms with E-state index in [0.29, 0.717) is 0 Å². The number of fused-ring (bicyclic) bond motifs is 4. The zero-order valence-electron chi connectivity index (χ0n) is 42.3. The van der Waals surface area contributed by atoms with Crippen LogP contribution >= 0.6 is 0 Å². The minimum atomic E-state index is -0.860. The largest absolute Gasteiger partial charge is 0.0636 e. The van der Waals surface area contributed by atoms with Gasteiger partial charge in [0.05, 0.1) is 30.2 Å². The molecule has 0 unspecified atom stereocenters. The van der Waals surface area contributed by atoms with Crippen LogP contribution in [0.4, 0.5) is 0 Å². The maximum absolute atomic E-state index is 9.39. The van der Waals surface area contributed by atoms with Gasteiger partial charge in [-0.05, 0) is 82.5 Å². The van der Waals surface area contributed by atoms with Gasteiger partial charge in [-0.3, -0.25) is 0 Å². The molecule has 0 heteroatoms. The predicted molar refractivity (Wildman–Crippen MR) is 173 cm³/mol. The summed E-state index contributed by atoms with van der Waals surface area (Å²) in [6.45, 7) is 0. The molecule has 0 spiro atoms. The third-order valence-corrected chi connectivity index (χ3v) is 6.65. The molecular formula is C40H26. The van der Waals surface area contributed by atoms with Crippen LogP contribution in [0.2, 0.25) is 0 Å². The standard InChI is InChI=1S/C40H26/c1-2-14-29-26-30(25-24-27(29)12-1)32-17-5-6-18-33(32)39-35-19-7-9-21-37(35)40(38-22-10-8-20-36(38)39)34-23-11-15-28-13-3-4-16-31(28)34/h1-26H/i1D,2D,3D,4D,7D,8D,9D,10D,11D,12D,13D,14D,15D,16D,19D,20D,21D,22D,23D,24D,25D,26D. The van der Waals surface area contributed by atoms with Crippen molar-refractivity contribution in [2.24, 2.45) is 0 Å². The van der Waals surface area contributed by atoms with Gasteiger partial charge in [-0.2, -0.15) is 0 Å². The van der Waals surface area contributed by atoms with Crippen LogP contribution in [0.3, 0.4) is 0 Å². The summed E-state index contributed by atoms with van der Waals surface area (Å²) >= 11 is 0. The lowest BCUT2D eigenvalue weighted by Crippen LogP contribution is -1.93. The van der Waals surface area contributed by atoms with Crippen molar-refractivity contribution in [1.29, 1.82) is 0 Å². The molecule has 0 bridgehead atoms. The van der Waals surface area contributed by atoms with E-state index in [1.807, 2.05) is 0 Å². The van der Waals surface area contributed by atoms with Gasteiger partial charge in [0, 0.05) is 0 Å². The molecule has 0 N–H and O–H groups in total. The van der Waals surface area contributed by atoms with Gasteiger partial charge in [0.1, 0.15) is 0 Å². The van der Waals surface area contributed by atoms with Crippen molar-refractivity contribution in [2.45, 2.75) is 0 Å². The van der Waals surface area contributed by atoms with Gasteiger partial charge in [-0.1, -0.05) is 151 Å². The molecule has 186 valence electrons. The maximum atomic E-state index is 9.39. The van der Waals surface area contributed by atoms with Gasteiger partial charge in [0.2, 0.25) is 0 Å². The smallest absolute Gasteiger partial charge is 0.0616 e. The van der Waals surface area contributed by atoms with Crippen LogP contribution in [0, 0.1) is 0 Å². The van der Waals surface area contributed by atoms with Gasteiger partial charge in [0.25, 0.3) is 0 Å². The van der Waals surface area contributed by atoms with E-state index in [4.69, 9.17) is 21.9 Å². The molecule has 0 heterocycles. The molecule has 0 aliphatic carbocycles. The van der Waals surface area contributed by atoms with Crippen molar-refractivity contribution >= 4 is 43.1 Å². The van der Waals surface area contributed by atoms with E-state index < -0.39 is 187 Å². The molecule has 0 aromatic heterocycles. The highest BCUT2D eigenvalue weighted by atomic mass is 14.2. The lowest BCUT2D eigenvalue weighted by molar-refractivity contribution is 1.62. The summed E-state index contributed by atoms with van der Waals surface area (Å²) in [6, 6.07) is -11.3.